The molecule has 26 heavy (non-hydrogen) atoms. The molecule has 1 N–H and O–H groups in total. The molecule has 4 atom stereocenters. The number of aromatic nitrogens is 1. The summed E-state index contributed by atoms with van der Waals surface area (Å²) in [5.41, 5.74) is 1.71. The number of pyridine rings is 1. The highest BCUT2D eigenvalue weighted by Crippen LogP contribution is 2.49. The van der Waals surface area contributed by atoms with Crippen LogP contribution in [0.1, 0.15) is 48.5 Å². The second kappa shape index (κ2) is 7.48. The zero-order valence-corrected chi connectivity index (χ0v) is 15.2. The zero-order chi connectivity index (χ0) is 17.9. The van der Waals surface area contributed by atoms with E-state index in [-0.39, 0.29) is 11.9 Å². The number of carbonyl (C=O) groups excluding carboxylic acids is 1. The summed E-state index contributed by atoms with van der Waals surface area (Å²) in [5.74, 6) is 3.14. The minimum absolute atomic E-state index is 0.0130. The summed E-state index contributed by atoms with van der Waals surface area (Å²) in [6, 6.07) is 11.5. The van der Waals surface area contributed by atoms with Gasteiger partial charge in [-0.1, -0.05) is 12.5 Å². The Hall–Kier alpha value is -2.36. The Morgan fingerprint density at radius 2 is 2.08 bits per heavy atom. The maximum atomic E-state index is 12.5. The Bertz CT molecular complexity index is 744. The van der Waals surface area contributed by atoms with E-state index in [1.807, 2.05) is 36.4 Å². The lowest BCUT2D eigenvalue weighted by atomic mass is 9.84. The second-order valence-corrected chi connectivity index (χ2v) is 7.78. The molecule has 2 fully saturated rings. The van der Waals surface area contributed by atoms with Crippen molar-refractivity contribution in [1.82, 2.24) is 10.3 Å². The molecular formula is C22H26N2O2. The zero-order valence-electron chi connectivity index (χ0n) is 15.2. The highest BCUT2D eigenvalue weighted by atomic mass is 16.5. The van der Waals surface area contributed by atoms with Crippen molar-refractivity contribution in [3.05, 3.63) is 59.9 Å². The Morgan fingerprint density at radius 1 is 1.23 bits per heavy atom. The van der Waals surface area contributed by atoms with Gasteiger partial charge < -0.3 is 10.1 Å². The average Bonchev–Trinajstić information content (AvgIpc) is 3.31. The third-order valence-corrected chi connectivity index (χ3v) is 6.04. The van der Waals surface area contributed by atoms with Gasteiger partial charge in [0.1, 0.15) is 12.4 Å². The monoisotopic (exact) mass is 350 g/mol. The van der Waals surface area contributed by atoms with Crippen LogP contribution in [-0.2, 0) is 6.61 Å². The molecule has 0 saturated heterocycles. The molecule has 1 aromatic carbocycles. The van der Waals surface area contributed by atoms with Crippen molar-refractivity contribution < 1.29 is 9.53 Å². The van der Waals surface area contributed by atoms with Crippen LogP contribution in [0.2, 0.25) is 0 Å². The van der Waals surface area contributed by atoms with Crippen molar-refractivity contribution in [1.29, 1.82) is 0 Å². The van der Waals surface area contributed by atoms with Gasteiger partial charge in [0.2, 0.25) is 0 Å². The summed E-state index contributed by atoms with van der Waals surface area (Å²) in [7, 11) is 0. The fourth-order valence-electron chi connectivity index (χ4n) is 4.66. The molecule has 4 nitrogen and oxygen atoms in total. The molecule has 2 saturated carbocycles. The molecule has 0 unspecified atom stereocenters. The van der Waals surface area contributed by atoms with E-state index in [1.165, 1.54) is 25.7 Å². The van der Waals surface area contributed by atoms with Crippen LogP contribution in [0.4, 0.5) is 0 Å². The van der Waals surface area contributed by atoms with Crippen LogP contribution < -0.4 is 10.1 Å². The van der Waals surface area contributed by atoms with Gasteiger partial charge in [-0.05, 0) is 74.3 Å². The molecule has 136 valence electrons. The average molecular weight is 350 g/mol. The first-order valence-corrected chi connectivity index (χ1v) is 9.61. The van der Waals surface area contributed by atoms with Gasteiger partial charge in [0.25, 0.3) is 5.91 Å². The highest BCUT2D eigenvalue weighted by Gasteiger charge is 2.42. The molecule has 2 aliphatic carbocycles. The molecular weight excluding hydrogens is 324 g/mol. The van der Waals surface area contributed by atoms with Crippen molar-refractivity contribution in [2.24, 2.45) is 17.8 Å². The van der Waals surface area contributed by atoms with E-state index in [1.54, 1.807) is 12.4 Å². The molecule has 0 radical (unpaired) electrons. The standard InChI is InChI=1S/C22H26N2O2/c1-15(21-12-16-4-5-19(21)11-16)24-22(25)18-6-8-20(9-7-18)26-14-17-3-2-10-23-13-17/h2-3,6-10,13,15-16,19,21H,4-5,11-12,14H2,1H3,(H,24,25)/t15-,16+,19+,21-/m1/s1. The largest absolute Gasteiger partial charge is 0.489 e. The molecule has 2 bridgehead atoms. The SMILES string of the molecule is C[C@@H](NC(=O)c1ccc(OCc2cccnc2)cc1)[C@H]1C[C@H]2CC[C@H]1C2. The van der Waals surface area contributed by atoms with Crippen LogP contribution in [0.5, 0.6) is 5.75 Å². The predicted molar refractivity (Wildman–Crippen MR) is 101 cm³/mol. The minimum Gasteiger partial charge on any atom is -0.489 e. The van der Waals surface area contributed by atoms with Gasteiger partial charge in [-0.2, -0.15) is 0 Å². The Balaban J connectivity index is 1.30. The molecule has 1 heterocycles. The Kier molecular flexibility index (Phi) is 4.91. The van der Waals surface area contributed by atoms with Gasteiger partial charge in [0.05, 0.1) is 0 Å². The van der Waals surface area contributed by atoms with E-state index in [0.29, 0.717) is 18.1 Å². The van der Waals surface area contributed by atoms with Crippen molar-refractivity contribution >= 4 is 5.91 Å². The number of rotatable bonds is 6. The summed E-state index contributed by atoms with van der Waals surface area (Å²) in [6.07, 6.45) is 8.93. The van der Waals surface area contributed by atoms with E-state index in [9.17, 15) is 4.79 Å². The Labute approximate surface area is 155 Å². The number of nitrogens with zero attached hydrogens (tertiary/aromatic N) is 1. The second-order valence-electron chi connectivity index (χ2n) is 7.78. The number of nitrogens with one attached hydrogen (secondary N) is 1. The van der Waals surface area contributed by atoms with Gasteiger partial charge in [-0.25, -0.2) is 0 Å². The van der Waals surface area contributed by atoms with Gasteiger partial charge in [0.15, 0.2) is 0 Å². The van der Waals surface area contributed by atoms with Crippen molar-refractivity contribution in [2.75, 3.05) is 0 Å². The van der Waals surface area contributed by atoms with Gasteiger partial charge in [0, 0.05) is 29.6 Å². The molecule has 4 heteroatoms. The van der Waals surface area contributed by atoms with Gasteiger partial charge in [-0.3, -0.25) is 9.78 Å². The topological polar surface area (TPSA) is 51.2 Å². The van der Waals surface area contributed by atoms with E-state index in [4.69, 9.17) is 4.74 Å². The molecule has 1 aromatic heterocycles. The summed E-state index contributed by atoms with van der Waals surface area (Å²) in [5, 5.41) is 3.21. The molecule has 0 aliphatic heterocycles. The lowest BCUT2D eigenvalue weighted by Crippen LogP contribution is -2.40. The summed E-state index contributed by atoms with van der Waals surface area (Å²) in [6.45, 7) is 2.63. The molecule has 0 spiro atoms. The van der Waals surface area contributed by atoms with Crippen LogP contribution in [0.15, 0.2) is 48.8 Å². The first-order valence-electron chi connectivity index (χ1n) is 9.61. The van der Waals surface area contributed by atoms with Crippen LogP contribution in [-0.4, -0.2) is 16.9 Å². The number of fused-ring (bicyclic) bond motifs is 2. The van der Waals surface area contributed by atoms with Crippen LogP contribution in [0, 0.1) is 17.8 Å². The van der Waals surface area contributed by atoms with E-state index in [2.05, 4.69) is 17.2 Å². The third-order valence-electron chi connectivity index (χ3n) is 6.04. The lowest BCUT2D eigenvalue weighted by Gasteiger charge is -2.28. The number of ether oxygens (including phenoxy) is 1. The van der Waals surface area contributed by atoms with Crippen LogP contribution >= 0.6 is 0 Å². The minimum atomic E-state index is 0.0130. The first-order chi connectivity index (χ1) is 12.7. The highest BCUT2D eigenvalue weighted by molar-refractivity contribution is 5.94. The van der Waals surface area contributed by atoms with Crippen molar-refractivity contribution in [3.63, 3.8) is 0 Å². The van der Waals surface area contributed by atoms with Gasteiger partial charge >= 0.3 is 0 Å². The van der Waals surface area contributed by atoms with E-state index >= 15 is 0 Å². The van der Waals surface area contributed by atoms with E-state index < -0.39 is 0 Å². The lowest BCUT2D eigenvalue weighted by molar-refractivity contribution is 0.0915. The van der Waals surface area contributed by atoms with Crippen molar-refractivity contribution in [2.45, 2.75) is 45.3 Å². The molecule has 2 aromatic rings. The number of benzene rings is 1. The number of hydrogen-bond acceptors (Lipinski definition) is 3. The number of carbonyl (C=O) groups is 1. The van der Waals surface area contributed by atoms with Crippen LogP contribution in [0.25, 0.3) is 0 Å². The Morgan fingerprint density at radius 3 is 2.73 bits per heavy atom. The smallest absolute Gasteiger partial charge is 0.251 e. The molecule has 4 rings (SSSR count). The quantitative estimate of drug-likeness (QED) is 0.849. The first kappa shape index (κ1) is 17.1. The number of hydrogen-bond donors (Lipinski definition) is 1. The fraction of sp³-hybridized carbons (Fsp3) is 0.455. The molecule has 1 amide bonds. The summed E-state index contributed by atoms with van der Waals surface area (Å²) < 4.78 is 5.75. The maximum Gasteiger partial charge on any atom is 0.251 e. The predicted octanol–water partition coefficient (Wildman–Crippen LogP) is 4.22. The van der Waals surface area contributed by atoms with E-state index in [0.717, 1.165) is 23.1 Å². The molecule has 2 aliphatic rings. The third kappa shape index (κ3) is 3.74. The van der Waals surface area contributed by atoms with Crippen LogP contribution in [0.3, 0.4) is 0 Å². The normalized spacial score (nSPS) is 25.0. The number of amides is 1. The summed E-state index contributed by atoms with van der Waals surface area (Å²) in [4.78, 5) is 16.6. The van der Waals surface area contributed by atoms with Gasteiger partial charge in [-0.15, -0.1) is 0 Å². The van der Waals surface area contributed by atoms with Crippen molar-refractivity contribution in [3.8, 4) is 5.75 Å². The maximum absolute atomic E-state index is 12.5. The fourth-order valence-corrected chi connectivity index (χ4v) is 4.66. The summed E-state index contributed by atoms with van der Waals surface area (Å²) >= 11 is 0.